The van der Waals surface area contributed by atoms with Gasteiger partial charge < -0.3 is 10.6 Å². The average Bonchev–Trinajstić information content (AvgIpc) is 2.82. The average molecular weight is 357 g/mol. The Morgan fingerprint density at radius 2 is 1.86 bits per heavy atom. The van der Waals surface area contributed by atoms with Gasteiger partial charge in [-0.2, -0.15) is 0 Å². The molecule has 0 saturated carbocycles. The lowest BCUT2D eigenvalue weighted by Gasteiger charge is -2.22. The molecule has 2 N–H and O–H groups in total. The fourth-order valence-corrected chi connectivity index (χ4v) is 3.41. The van der Waals surface area contributed by atoms with Gasteiger partial charge in [0.25, 0.3) is 5.91 Å². The predicted octanol–water partition coefficient (Wildman–Crippen LogP) is 3.57. The van der Waals surface area contributed by atoms with Gasteiger partial charge in [0.15, 0.2) is 0 Å². The van der Waals surface area contributed by atoms with Crippen LogP contribution in [0.5, 0.6) is 0 Å². The van der Waals surface area contributed by atoms with Crippen molar-refractivity contribution in [3.05, 3.63) is 56.2 Å². The number of amides is 2. The number of nitrogens with two attached hydrogens (primary N) is 1. The third-order valence-corrected chi connectivity index (χ3v) is 4.51. The second kappa shape index (κ2) is 7.63. The van der Waals surface area contributed by atoms with E-state index in [9.17, 15) is 9.59 Å². The van der Waals surface area contributed by atoms with Crippen molar-refractivity contribution in [2.75, 3.05) is 6.54 Å². The Balaban J connectivity index is 2.21. The highest BCUT2D eigenvalue weighted by molar-refractivity contribution is 7.20. The molecule has 1 aromatic carbocycles. The standard InChI is InChI=1S/C15H14Cl2N2O2S/c16-12-8-11(14(17)22-12)15(21)19(7-6-13(18)20)9-10-4-2-1-3-5-10/h1-5,8H,6-7,9H2,(H2,18,20). The molecule has 7 heteroatoms. The summed E-state index contributed by atoms with van der Waals surface area (Å²) in [7, 11) is 0. The van der Waals surface area contributed by atoms with Gasteiger partial charge in [0.1, 0.15) is 4.34 Å². The van der Waals surface area contributed by atoms with Crippen LogP contribution >= 0.6 is 34.5 Å². The molecule has 0 unspecified atom stereocenters. The predicted molar refractivity (Wildman–Crippen MR) is 89.3 cm³/mol. The van der Waals surface area contributed by atoms with Crippen molar-refractivity contribution in [2.24, 2.45) is 5.73 Å². The van der Waals surface area contributed by atoms with E-state index in [2.05, 4.69) is 0 Å². The van der Waals surface area contributed by atoms with Gasteiger partial charge in [-0.05, 0) is 11.6 Å². The van der Waals surface area contributed by atoms with Gasteiger partial charge in [0, 0.05) is 19.5 Å². The van der Waals surface area contributed by atoms with Gasteiger partial charge in [-0.25, -0.2) is 0 Å². The van der Waals surface area contributed by atoms with E-state index < -0.39 is 5.91 Å². The van der Waals surface area contributed by atoms with Crippen molar-refractivity contribution < 1.29 is 9.59 Å². The number of primary amides is 1. The highest BCUT2D eigenvalue weighted by atomic mass is 35.5. The van der Waals surface area contributed by atoms with E-state index in [1.807, 2.05) is 30.3 Å². The molecular weight excluding hydrogens is 343 g/mol. The Kier molecular flexibility index (Phi) is 5.83. The third kappa shape index (κ3) is 4.47. The first-order valence-electron chi connectivity index (χ1n) is 6.53. The topological polar surface area (TPSA) is 63.4 Å². The minimum atomic E-state index is -0.458. The van der Waals surface area contributed by atoms with Crippen molar-refractivity contribution in [1.82, 2.24) is 4.90 Å². The van der Waals surface area contributed by atoms with Crippen molar-refractivity contribution in [2.45, 2.75) is 13.0 Å². The molecule has 0 fully saturated rings. The van der Waals surface area contributed by atoms with Gasteiger partial charge in [-0.1, -0.05) is 53.5 Å². The molecule has 0 aliphatic carbocycles. The molecule has 0 radical (unpaired) electrons. The molecule has 2 amide bonds. The summed E-state index contributed by atoms with van der Waals surface area (Å²) in [6.07, 6.45) is 0.0913. The molecule has 2 rings (SSSR count). The second-order valence-corrected chi connectivity index (χ2v) is 6.95. The van der Waals surface area contributed by atoms with E-state index in [4.69, 9.17) is 28.9 Å². The summed E-state index contributed by atoms with van der Waals surface area (Å²) in [5, 5.41) is 0. The molecule has 22 heavy (non-hydrogen) atoms. The highest BCUT2D eigenvalue weighted by Gasteiger charge is 2.21. The number of thiophene rings is 1. The lowest BCUT2D eigenvalue weighted by molar-refractivity contribution is -0.118. The first kappa shape index (κ1) is 16.8. The number of rotatable bonds is 6. The van der Waals surface area contributed by atoms with Crippen LogP contribution in [0, 0.1) is 0 Å². The molecule has 0 bridgehead atoms. The number of carbonyl (C=O) groups is 2. The van der Waals surface area contributed by atoms with Crippen molar-refractivity contribution in [3.63, 3.8) is 0 Å². The number of benzene rings is 1. The molecule has 1 aromatic heterocycles. The van der Waals surface area contributed by atoms with E-state index in [-0.39, 0.29) is 18.9 Å². The number of halogens is 2. The molecule has 1 heterocycles. The SMILES string of the molecule is NC(=O)CCN(Cc1ccccc1)C(=O)c1cc(Cl)sc1Cl. The minimum absolute atomic E-state index is 0.0913. The molecule has 0 aliphatic rings. The van der Waals surface area contributed by atoms with Crippen molar-refractivity contribution in [3.8, 4) is 0 Å². The number of hydrogen-bond acceptors (Lipinski definition) is 3. The maximum atomic E-state index is 12.6. The van der Waals surface area contributed by atoms with Crippen molar-refractivity contribution in [1.29, 1.82) is 0 Å². The Labute approximate surface area is 142 Å². The Morgan fingerprint density at radius 1 is 1.18 bits per heavy atom. The zero-order valence-corrected chi connectivity index (χ0v) is 13.9. The summed E-state index contributed by atoms with van der Waals surface area (Å²) in [5.41, 5.74) is 6.49. The molecule has 2 aromatic rings. The summed E-state index contributed by atoms with van der Waals surface area (Å²) < 4.78 is 0.787. The van der Waals surface area contributed by atoms with Gasteiger partial charge in [-0.3, -0.25) is 9.59 Å². The molecule has 0 saturated heterocycles. The molecule has 0 atom stereocenters. The van der Waals surface area contributed by atoms with Gasteiger partial charge >= 0.3 is 0 Å². The van der Waals surface area contributed by atoms with E-state index in [1.54, 1.807) is 11.0 Å². The molecule has 0 aliphatic heterocycles. The summed E-state index contributed by atoms with van der Waals surface area (Å²) >= 11 is 13.1. The monoisotopic (exact) mass is 356 g/mol. The zero-order valence-electron chi connectivity index (χ0n) is 11.6. The Hall–Kier alpha value is -1.56. The Morgan fingerprint density at radius 3 is 2.41 bits per heavy atom. The number of carbonyl (C=O) groups excluding carboxylic acids is 2. The summed E-state index contributed by atoms with van der Waals surface area (Å²) in [5.74, 6) is -0.724. The van der Waals surface area contributed by atoms with E-state index in [0.29, 0.717) is 20.8 Å². The van der Waals surface area contributed by atoms with Crippen LogP contribution < -0.4 is 5.73 Å². The van der Waals surface area contributed by atoms with Gasteiger partial charge in [-0.15, -0.1) is 11.3 Å². The van der Waals surface area contributed by atoms with Crippen LogP contribution in [-0.4, -0.2) is 23.3 Å². The summed E-state index contributed by atoms with van der Waals surface area (Å²) in [6, 6.07) is 11.0. The maximum absolute atomic E-state index is 12.6. The molecular formula is C15H14Cl2N2O2S. The quantitative estimate of drug-likeness (QED) is 0.859. The number of hydrogen-bond donors (Lipinski definition) is 1. The smallest absolute Gasteiger partial charge is 0.256 e. The van der Waals surface area contributed by atoms with Crippen LogP contribution in [0.4, 0.5) is 0 Å². The maximum Gasteiger partial charge on any atom is 0.256 e. The zero-order chi connectivity index (χ0) is 16.1. The largest absolute Gasteiger partial charge is 0.370 e. The second-order valence-electron chi connectivity index (χ2n) is 4.67. The van der Waals surface area contributed by atoms with E-state index in [0.717, 1.165) is 16.9 Å². The fourth-order valence-electron chi connectivity index (χ4n) is 1.96. The van der Waals surface area contributed by atoms with Crippen LogP contribution in [0.25, 0.3) is 0 Å². The Bertz CT molecular complexity index is 673. The van der Waals surface area contributed by atoms with Crippen LogP contribution in [0.1, 0.15) is 22.3 Å². The molecule has 116 valence electrons. The van der Waals surface area contributed by atoms with Gasteiger partial charge in [0.05, 0.1) is 9.90 Å². The minimum Gasteiger partial charge on any atom is -0.370 e. The lowest BCUT2D eigenvalue weighted by Crippen LogP contribution is -2.33. The van der Waals surface area contributed by atoms with Crippen LogP contribution in [-0.2, 0) is 11.3 Å². The molecule has 4 nitrogen and oxygen atoms in total. The fraction of sp³-hybridized carbons (Fsp3) is 0.200. The van der Waals surface area contributed by atoms with Crippen molar-refractivity contribution >= 4 is 46.4 Å². The molecule has 0 spiro atoms. The third-order valence-electron chi connectivity index (χ3n) is 3.02. The first-order chi connectivity index (χ1) is 10.5. The van der Waals surface area contributed by atoms with Crippen LogP contribution in [0.15, 0.2) is 36.4 Å². The lowest BCUT2D eigenvalue weighted by atomic mass is 10.2. The summed E-state index contributed by atoms with van der Waals surface area (Å²) in [6.45, 7) is 0.601. The first-order valence-corrected chi connectivity index (χ1v) is 8.11. The van der Waals surface area contributed by atoms with Crippen LogP contribution in [0.3, 0.4) is 0 Å². The highest BCUT2D eigenvalue weighted by Crippen LogP contribution is 2.32. The van der Waals surface area contributed by atoms with Gasteiger partial charge in [0.2, 0.25) is 5.91 Å². The number of nitrogens with zero attached hydrogens (tertiary/aromatic N) is 1. The van der Waals surface area contributed by atoms with E-state index in [1.165, 1.54) is 0 Å². The van der Waals surface area contributed by atoms with Crippen LogP contribution in [0.2, 0.25) is 8.67 Å². The normalized spacial score (nSPS) is 10.5. The van der Waals surface area contributed by atoms with E-state index >= 15 is 0 Å². The summed E-state index contributed by atoms with van der Waals surface area (Å²) in [4.78, 5) is 25.2.